The minimum atomic E-state index is 0.427. The molecule has 2 unspecified atom stereocenters. The first kappa shape index (κ1) is 15.2. The lowest BCUT2D eigenvalue weighted by atomic mass is 10.1. The second kappa shape index (κ2) is 8.20. The Bertz CT molecular complexity index is 250. The number of morpholine rings is 1. The number of rotatable bonds is 7. The third kappa shape index (κ3) is 5.03. The van der Waals surface area contributed by atoms with Crippen LogP contribution in [0.1, 0.15) is 26.7 Å². The molecule has 2 fully saturated rings. The summed E-state index contributed by atoms with van der Waals surface area (Å²) in [6.07, 6.45) is 3.01. The van der Waals surface area contributed by atoms with Crippen molar-refractivity contribution in [3.63, 3.8) is 0 Å². The molecule has 4 heteroatoms. The topological polar surface area (TPSA) is 27.7 Å². The standard InChI is InChI=1S/C15H31N3O/c1-3-6-16-10-14-5-7-18(11-14)13-15-12-17(4-2)8-9-19-15/h14-16H,3-13H2,1-2H3. The van der Waals surface area contributed by atoms with Crippen LogP contribution >= 0.6 is 0 Å². The van der Waals surface area contributed by atoms with E-state index in [0.717, 1.165) is 45.2 Å². The van der Waals surface area contributed by atoms with Gasteiger partial charge in [0.1, 0.15) is 0 Å². The van der Waals surface area contributed by atoms with Crippen LogP contribution in [-0.4, -0.2) is 74.9 Å². The molecule has 4 nitrogen and oxygen atoms in total. The monoisotopic (exact) mass is 269 g/mol. The summed E-state index contributed by atoms with van der Waals surface area (Å²) in [6, 6.07) is 0. The maximum absolute atomic E-state index is 5.91. The minimum absolute atomic E-state index is 0.427. The van der Waals surface area contributed by atoms with E-state index in [2.05, 4.69) is 29.0 Å². The third-order valence-corrected chi connectivity index (χ3v) is 4.36. The predicted octanol–water partition coefficient (Wildman–Crippen LogP) is 1.03. The molecule has 2 atom stereocenters. The molecule has 2 aliphatic rings. The van der Waals surface area contributed by atoms with Crippen molar-refractivity contribution in [1.29, 1.82) is 0 Å². The van der Waals surface area contributed by atoms with Gasteiger partial charge in [-0.05, 0) is 44.9 Å². The van der Waals surface area contributed by atoms with Crippen LogP contribution in [-0.2, 0) is 4.74 Å². The fraction of sp³-hybridized carbons (Fsp3) is 1.00. The molecule has 2 saturated heterocycles. The minimum Gasteiger partial charge on any atom is -0.374 e. The maximum atomic E-state index is 5.91. The van der Waals surface area contributed by atoms with Gasteiger partial charge in [0.05, 0.1) is 12.7 Å². The quantitative estimate of drug-likeness (QED) is 0.699. The normalized spacial score (nSPS) is 30.0. The summed E-state index contributed by atoms with van der Waals surface area (Å²) >= 11 is 0. The van der Waals surface area contributed by atoms with E-state index in [4.69, 9.17) is 4.74 Å². The van der Waals surface area contributed by atoms with E-state index in [1.165, 1.54) is 32.5 Å². The fourth-order valence-electron chi connectivity index (χ4n) is 3.19. The number of nitrogens with zero attached hydrogens (tertiary/aromatic N) is 2. The second-order valence-electron chi connectivity index (χ2n) is 6.00. The third-order valence-electron chi connectivity index (χ3n) is 4.36. The molecule has 0 amide bonds. The zero-order chi connectivity index (χ0) is 13.5. The van der Waals surface area contributed by atoms with Crippen LogP contribution in [0.4, 0.5) is 0 Å². The Morgan fingerprint density at radius 2 is 2.05 bits per heavy atom. The second-order valence-corrected chi connectivity index (χ2v) is 6.00. The molecule has 0 aromatic carbocycles. The van der Waals surface area contributed by atoms with Crippen LogP contribution in [0.3, 0.4) is 0 Å². The lowest BCUT2D eigenvalue weighted by molar-refractivity contribution is -0.0395. The summed E-state index contributed by atoms with van der Waals surface area (Å²) in [5.41, 5.74) is 0. The predicted molar refractivity (Wildman–Crippen MR) is 79.6 cm³/mol. The molecular weight excluding hydrogens is 238 g/mol. The van der Waals surface area contributed by atoms with E-state index in [0.29, 0.717) is 6.10 Å². The van der Waals surface area contributed by atoms with Gasteiger partial charge in [0.25, 0.3) is 0 Å². The summed E-state index contributed by atoms with van der Waals surface area (Å²) in [5.74, 6) is 0.845. The lowest BCUT2D eigenvalue weighted by Gasteiger charge is -2.34. The highest BCUT2D eigenvalue weighted by Gasteiger charge is 2.27. The van der Waals surface area contributed by atoms with Crippen LogP contribution in [0.15, 0.2) is 0 Å². The van der Waals surface area contributed by atoms with Gasteiger partial charge >= 0.3 is 0 Å². The molecule has 19 heavy (non-hydrogen) atoms. The van der Waals surface area contributed by atoms with Crippen molar-refractivity contribution in [2.45, 2.75) is 32.8 Å². The number of likely N-dealkylation sites (tertiary alicyclic amines) is 1. The van der Waals surface area contributed by atoms with Crippen LogP contribution in [0.2, 0.25) is 0 Å². The molecule has 0 aliphatic carbocycles. The first-order valence-electron chi connectivity index (χ1n) is 8.08. The van der Waals surface area contributed by atoms with Gasteiger partial charge in [-0.15, -0.1) is 0 Å². The molecule has 1 N–H and O–H groups in total. The summed E-state index contributed by atoms with van der Waals surface area (Å²) in [5, 5.41) is 3.55. The van der Waals surface area contributed by atoms with E-state index < -0.39 is 0 Å². The van der Waals surface area contributed by atoms with Gasteiger partial charge in [-0.25, -0.2) is 0 Å². The van der Waals surface area contributed by atoms with Crippen molar-refractivity contribution < 1.29 is 4.74 Å². The van der Waals surface area contributed by atoms with Gasteiger partial charge in [0, 0.05) is 26.2 Å². The van der Waals surface area contributed by atoms with Gasteiger partial charge in [-0.3, -0.25) is 4.90 Å². The average Bonchev–Trinajstić information content (AvgIpc) is 2.87. The Kier molecular flexibility index (Phi) is 6.57. The van der Waals surface area contributed by atoms with Crippen molar-refractivity contribution in [3.05, 3.63) is 0 Å². The van der Waals surface area contributed by atoms with Crippen LogP contribution in [0, 0.1) is 5.92 Å². The van der Waals surface area contributed by atoms with Crippen molar-refractivity contribution in [1.82, 2.24) is 15.1 Å². The molecule has 2 rings (SSSR count). The summed E-state index contributed by atoms with van der Waals surface area (Å²) < 4.78 is 5.91. The number of hydrogen-bond acceptors (Lipinski definition) is 4. The number of nitrogens with one attached hydrogen (secondary N) is 1. The van der Waals surface area contributed by atoms with E-state index in [1.807, 2.05) is 0 Å². The Hall–Kier alpha value is -0.160. The summed E-state index contributed by atoms with van der Waals surface area (Å²) in [6.45, 7) is 14.7. The van der Waals surface area contributed by atoms with Crippen LogP contribution < -0.4 is 5.32 Å². The van der Waals surface area contributed by atoms with Gasteiger partial charge in [-0.1, -0.05) is 13.8 Å². The fourth-order valence-corrected chi connectivity index (χ4v) is 3.19. The zero-order valence-electron chi connectivity index (χ0n) is 12.7. The van der Waals surface area contributed by atoms with E-state index in [1.54, 1.807) is 0 Å². The molecule has 0 aromatic rings. The van der Waals surface area contributed by atoms with Crippen molar-refractivity contribution in [3.8, 4) is 0 Å². The largest absolute Gasteiger partial charge is 0.374 e. The molecule has 2 heterocycles. The number of ether oxygens (including phenoxy) is 1. The maximum Gasteiger partial charge on any atom is 0.0829 e. The highest BCUT2D eigenvalue weighted by Crippen LogP contribution is 2.17. The Labute approximate surface area is 118 Å². The molecule has 0 spiro atoms. The van der Waals surface area contributed by atoms with Gasteiger partial charge in [0.2, 0.25) is 0 Å². The molecule has 0 aromatic heterocycles. The Morgan fingerprint density at radius 3 is 2.84 bits per heavy atom. The molecule has 2 aliphatic heterocycles. The first-order valence-corrected chi connectivity index (χ1v) is 8.08. The van der Waals surface area contributed by atoms with Crippen molar-refractivity contribution >= 4 is 0 Å². The zero-order valence-corrected chi connectivity index (χ0v) is 12.7. The lowest BCUT2D eigenvalue weighted by Crippen LogP contribution is -2.47. The van der Waals surface area contributed by atoms with Gasteiger partial charge in [-0.2, -0.15) is 0 Å². The molecular formula is C15H31N3O. The average molecular weight is 269 g/mol. The number of hydrogen-bond donors (Lipinski definition) is 1. The SMILES string of the molecule is CCCNCC1CCN(CC2CN(CC)CCO2)C1. The molecule has 0 radical (unpaired) electrons. The summed E-state index contributed by atoms with van der Waals surface area (Å²) in [4.78, 5) is 5.10. The molecule has 0 bridgehead atoms. The molecule has 0 saturated carbocycles. The highest BCUT2D eigenvalue weighted by atomic mass is 16.5. The van der Waals surface area contributed by atoms with Crippen molar-refractivity contribution in [2.24, 2.45) is 5.92 Å². The van der Waals surface area contributed by atoms with Gasteiger partial charge in [0.15, 0.2) is 0 Å². The van der Waals surface area contributed by atoms with E-state index in [-0.39, 0.29) is 0 Å². The Morgan fingerprint density at radius 1 is 1.16 bits per heavy atom. The highest BCUT2D eigenvalue weighted by molar-refractivity contribution is 4.81. The van der Waals surface area contributed by atoms with Crippen LogP contribution in [0.25, 0.3) is 0 Å². The van der Waals surface area contributed by atoms with Crippen molar-refractivity contribution in [2.75, 3.05) is 59.0 Å². The van der Waals surface area contributed by atoms with E-state index >= 15 is 0 Å². The molecule has 112 valence electrons. The smallest absolute Gasteiger partial charge is 0.0829 e. The summed E-state index contributed by atoms with van der Waals surface area (Å²) in [7, 11) is 0. The first-order chi connectivity index (χ1) is 9.31. The Balaban J connectivity index is 1.64. The van der Waals surface area contributed by atoms with Gasteiger partial charge < -0.3 is 15.0 Å². The number of likely N-dealkylation sites (N-methyl/N-ethyl adjacent to an activating group) is 1. The van der Waals surface area contributed by atoms with E-state index in [9.17, 15) is 0 Å². The van der Waals surface area contributed by atoms with Crippen LogP contribution in [0.5, 0.6) is 0 Å².